The van der Waals surface area contributed by atoms with Gasteiger partial charge in [-0.05, 0) is 33.0 Å². The Bertz CT molecular complexity index is 702. The van der Waals surface area contributed by atoms with Gasteiger partial charge < -0.3 is 10.1 Å². The van der Waals surface area contributed by atoms with Gasteiger partial charge in [-0.25, -0.2) is 0 Å². The molecule has 3 nitrogen and oxygen atoms in total. The third-order valence-electron chi connectivity index (χ3n) is 4.56. The normalized spacial score (nSPS) is 20.0. The number of hydroxylamine groups is 1. The largest absolute Gasteiger partial charge is 0.622 e. The summed E-state index contributed by atoms with van der Waals surface area (Å²) in [6.07, 6.45) is 2.64. The van der Waals surface area contributed by atoms with Gasteiger partial charge in [0.15, 0.2) is 0 Å². The highest BCUT2D eigenvalue weighted by Gasteiger charge is 2.31. The van der Waals surface area contributed by atoms with Crippen molar-refractivity contribution in [3.63, 3.8) is 0 Å². The molecule has 1 aliphatic heterocycles. The summed E-state index contributed by atoms with van der Waals surface area (Å²) in [4.78, 5) is 2.12. The van der Waals surface area contributed by atoms with Gasteiger partial charge in [0, 0.05) is 41.2 Å². The first kappa shape index (κ1) is 16.5. The Morgan fingerprint density at radius 1 is 1.04 bits per heavy atom. The summed E-state index contributed by atoms with van der Waals surface area (Å²) in [5.41, 5.74) is 3.94. The number of aryl methyl sites for hydroxylation is 2. The minimum absolute atomic E-state index is 0.403. The smallest absolute Gasteiger partial charge is 0.142 e. The lowest BCUT2D eigenvalue weighted by Gasteiger charge is -2.43. The van der Waals surface area contributed by atoms with Crippen molar-refractivity contribution in [3.8, 4) is 0 Å². The van der Waals surface area contributed by atoms with Crippen molar-refractivity contribution in [3.05, 3.63) is 63.8 Å². The average Bonchev–Trinajstić information content (AvgIpc) is 2.64. The van der Waals surface area contributed by atoms with Crippen LogP contribution in [-0.4, -0.2) is 32.1 Å². The second-order valence-electron chi connectivity index (χ2n) is 6.52. The number of hydrogen-bond acceptors (Lipinski definition) is 2. The number of benzene rings is 2. The first-order valence-electron chi connectivity index (χ1n) is 8.12. The van der Waals surface area contributed by atoms with Crippen LogP contribution in [-0.2, 0) is 12.8 Å². The van der Waals surface area contributed by atoms with E-state index in [2.05, 4.69) is 11.0 Å². The lowest BCUT2D eigenvalue weighted by atomic mass is 10.0. The van der Waals surface area contributed by atoms with Crippen LogP contribution in [0.1, 0.15) is 17.5 Å². The zero-order valence-corrected chi connectivity index (χ0v) is 14.5. The van der Waals surface area contributed by atoms with Crippen LogP contribution < -0.4 is 4.65 Å². The molecule has 1 atom stereocenters. The molecule has 0 saturated carbocycles. The zero-order chi connectivity index (χ0) is 16.4. The van der Waals surface area contributed by atoms with E-state index in [1.54, 1.807) is 0 Å². The Morgan fingerprint density at radius 3 is 2.48 bits per heavy atom. The van der Waals surface area contributed by atoms with Gasteiger partial charge in [0.1, 0.15) is 11.4 Å². The fourth-order valence-electron chi connectivity index (χ4n) is 3.41. The molecule has 0 aromatic heterocycles. The molecule has 0 unspecified atom stereocenters. The quantitative estimate of drug-likeness (QED) is 0.608. The van der Waals surface area contributed by atoms with Gasteiger partial charge in [0.25, 0.3) is 0 Å². The fourth-order valence-corrected chi connectivity index (χ4v) is 3.58. The summed E-state index contributed by atoms with van der Waals surface area (Å²) in [6, 6.07) is 13.8. The molecule has 3 rings (SSSR count). The van der Waals surface area contributed by atoms with Gasteiger partial charge in [-0.2, -0.15) is 0 Å². The second kappa shape index (κ2) is 6.62. The van der Waals surface area contributed by atoms with Gasteiger partial charge in [0.05, 0.1) is 6.54 Å². The molecule has 1 heterocycles. The van der Waals surface area contributed by atoms with Crippen LogP contribution in [0.2, 0.25) is 5.02 Å². The predicted molar refractivity (Wildman–Crippen MR) is 98.2 cm³/mol. The molecule has 0 radical (unpaired) electrons. The lowest BCUT2D eigenvalue weighted by molar-refractivity contribution is 0.371. The van der Waals surface area contributed by atoms with Crippen LogP contribution in [0.4, 0.5) is 11.4 Å². The Hall–Kier alpha value is -1.39. The number of hydrogen-bond donors (Lipinski definition) is 0. The number of fused-ring (bicyclic) bond motifs is 2. The van der Waals surface area contributed by atoms with Gasteiger partial charge in [-0.3, -0.25) is 4.65 Å². The van der Waals surface area contributed by atoms with Gasteiger partial charge in [0.2, 0.25) is 0 Å². The zero-order valence-electron chi connectivity index (χ0n) is 13.8. The molecule has 23 heavy (non-hydrogen) atoms. The van der Waals surface area contributed by atoms with Crippen molar-refractivity contribution in [2.75, 3.05) is 27.2 Å². The maximum atomic E-state index is 14.0. The van der Waals surface area contributed by atoms with Crippen molar-refractivity contribution < 1.29 is 0 Å². The summed E-state index contributed by atoms with van der Waals surface area (Å²) in [6.45, 7) is 1.43. The van der Waals surface area contributed by atoms with Crippen molar-refractivity contribution in [2.24, 2.45) is 0 Å². The van der Waals surface area contributed by atoms with Crippen molar-refractivity contribution in [2.45, 2.75) is 19.3 Å². The molecule has 0 amide bonds. The highest BCUT2D eigenvalue weighted by atomic mass is 35.5. The third kappa shape index (κ3) is 3.29. The molecule has 0 saturated heterocycles. The van der Waals surface area contributed by atoms with Crippen molar-refractivity contribution in [1.82, 2.24) is 9.55 Å². The number of rotatable bonds is 4. The summed E-state index contributed by atoms with van der Waals surface area (Å²) in [5, 5.41) is 14.6. The van der Waals surface area contributed by atoms with E-state index in [4.69, 9.17) is 11.6 Å². The standard InChI is InChI=1S/C19H23ClN2O/c1-21(2)12-5-13-22(23)18-7-4-3-6-15(18)8-9-16-10-11-17(20)14-19(16)22/h3-4,6-7,10-11,14H,5,8-9,12-13H2,1-2H3/t22-/m0/s1. The number of halogens is 1. The summed E-state index contributed by atoms with van der Waals surface area (Å²) >= 11 is 6.21. The van der Waals surface area contributed by atoms with Crippen LogP contribution in [0.3, 0.4) is 0 Å². The fraction of sp³-hybridized carbons (Fsp3) is 0.368. The van der Waals surface area contributed by atoms with Crippen LogP contribution in [0.25, 0.3) is 0 Å². The number of para-hydroxylation sites is 1. The molecule has 0 bridgehead atoms. The van der Waals surface area contributed by atoms with E-state index in [1.807, 2.05) is 50.5 Å². The summed E-state index contributed by atoms with van der Waals surface area (Å²) in [5.74, 6) is 0. The number of nitrogens with zero attached hydrogens (tertiary/aromatic N) is 2. The highest BCUT2D eigenvalue weighted by molar-refractivity contribution is 6.30. The van der Waals surface area contributed by atoms with E-state index in [9.17, 15) is 5.21 Å². The first-order valence-corrected chi connectivity index (χ1v) is 8.50. The van der Waals surface area contributed by atoms with E-state index in [0.29, 0.717) is 11.6 Å². The van der Waals surface area contributed by atoms with Crippen LogP contribution in [0.15, 0.2) is 42.5 Å². The average molecular weight is 331 g/mol. The van der Waals surface area contributed by atoms with Crippen molar-refractivity contribution in [1.29, 1.82) is 0 Å². The molecule has 0 aliphatic carbocycles. The van der Waals surface area contributed by atoms with E-state index in [0.717, 1.165) is 48.3 Å². The SMILES string of the molecule is CN(C)CCC[N@+]1([O-])c2ccccc2CCc2ccc(Cl)cc21. The van der Waals surface area contributed by atoms with Crippen LogP contribution >= 0.6 is 11.6 Å². The van der Waals surface area contributed by atoms with E-state index in [-0.39, 0.29) is 0 Å². The maximum absolute atomic E-state index is 14.0. The molecule has 1 aliphatic rings. The monoisotopic (exact) mass is 330 g/mol. The third-order valence-corrected chi connectivity index (χ3v) is 4.79. The topological polar surface area (TPSA) is 26.3 Å². The van der Waals surface area contributed by atoms with Crippen LogP contribution in [0.5, 0.6) is 0 Å². The molecule has 4 heteroatoms. The maximum Gasteiger partial charge on any atom is 0.142 e. The summed E-state index contributed by atoms with van der Waals surface area (Å²) < 4.78 is -0.403. The molecule has 0 N–H and O–H groups in total. The van der Waals surface area contributed by atoms with Crippen LogP contribution in [0, 0.1) is 5.21 Å². The molecule has 122 valence electrons. The van der Waals surface area contributed by atoms with E-state index < -0.39 is 4.65 Å². The molecule has 2 aromatic carbocycles. The molecule has 0 spiro atoms. The molecular formula is C19H23ClN2O. The minimum atomic E-state index is -0.403. The lowest BCUT2D eigenvalue weighted by Crippen LogP contribution is -2.40. The predicted octanol–water partition coefficient (Wildman–Crippen LogP) is 4.53. The first-order chi connectivity index (χ1) is 11.0. The highest BCUT2D eigenvalue weighted by Crippen LogP contribution is 2.43. The summed E-state index contributed by atoms with van der Waals surface area (Å²) in [7, 11) is 4.08. The molecule has 0 fully saturated rings. The second-order valence-corrected chi connectivity index (χ2v) is 6.96. The van der Waals surface area contributed by atoms with Crippen molar-refractivity contribution >= 4 is 23.0 Å². The van der Waals surface area contributed by atoms with E-state index in [1.165, 1.54) is 0 Å². The minimum Gasteiger partial charge on any atom is -0.622 e. The molecule has 2 aromatic rings. The Balaban J connectivity index is 2.09. The Kier molecular flexibility index (Phi) is 4.74. The Morgan fingerprint density at radius 2 is 1.74 bits per heavy atom. The molecular weight excluding hydrogens is 308 g/mol. The van der Waals surface area contributed by atoms with Gasteiger partial charge in [-0.15, -0.1) is 0 Å². The van der Waals surface area contributed by atoms with Gasteiger partial charge in [-0.1, -0.05) is 35.9 Å². The van der Waals surface area contributed by atoms with E-state index >= 15 is 0 Å². The number of quaternary nitrogens is 1. The Labute approximate surface area is 143 Å². The van der Waals surface area contributed by atoms with Gasteiger partial charge >= 0.3 is 0 Å².